The van der Waals surface area contributed by atoms with Gasteiger partial charge in [0.1, 0.15) is 0 Å². The topological polar surface area (TPSA) is 24.7 Å². The summed E-state index contributed by atoms with van der Waals surface area (Å²) in [6.07, 6.45) is 0. The van der Waals surface area contributed by atoms with Gasteiger partial charge >= 0.3 is 0 Å². The van der Waals surface area contributed by atoms with Crippen LogP contribution in [-0.4, -0.2) is 39.0 Å². The third kappa shape index (κ3) is 10.7. The third-order valence-electron chi connectivity index (χ3n) is 1.04. The summed E-state index contributed by atoms with van der Waals surface area (Å²) in [5.41, 5.74) is -0.463. The van der Waals surface area contributed by atoms with Crippen molar-refractivity contribution in [3.8, 4) is 0 Å². The molecule has 0 saturated carbocycles. The van der Waals surface area contributed by atoms with Crippen molar-refractivity contribution in [2.24, 2.45) is 9.98 Å². The fourth-order valence-electron chi connectivity index (χ4n) is 0.681. The van der Waals surface area contributed by atoms with Crippen molar-refractivity contribution < 1.29 is 0 Å². The summed E-state index contributed by atoms with van der Waals surface area (Å²) in [7, 11) is 0. The Hall–Kier alpha value is 0.463. The van der Waals surface area contributed by atoms with Gasteiger partial charge in [-0.1, -0.05) is 23.2 Å². The van der Waals surface area contributed by atoms with Crippen LogP contribution in [0.1, 0.15) is 41.5 Å². The van der Waals surface area contributed by atoms with Gasteiger partial charge in [0.15, 0.2) is 10.3 Å². The summed E-state index contributed by atoms with van der Waals surface area (Å²) >= 11 is 11.8. The van der Waals surface area contributed by atoms with Gasteiger partial charge in [-0.15, -0.1) is 0 Å². The van der Waals surface area contributed by atoms with Gasteiger partial charge in [0.2, 0.25) is 0 Å². The molecule has 0 aromatic carbocycles. The molecule has 5 heteroatoms. The monoisotopic (exact) mass is 310 g/mol. The Labute approximate surface area is 114 Å². The van der Waals surface area contributed by atoms with Gasteiger partial charge in [-0.25, -0.2) is 0 Å². The molecule has 0 aliphatic carbocycles. The van der Waals surface area contributed by atoms with Crippen molar-refractivity contribution in [2.45, 2.75) is 52.6 Å². The molecule has 0 aliphatic heterocycles. The Bertz CT molecular complexity index is 232. The summed E-state index contributed by atoms with van der Waals surface area (Å²) < 4.78 is 0. The maximum atomic E-state index is 5.91. The van der Waals surface area contributed by atoms with Crippen molar-refractivity contribution in [1.82, 2.24) is 0 Å². The molecule has 0 heterocycles. The van der Waals surface area contributed by atoms with E-state index in [1.165, 1.54) is 0 Å². The normalized spacial score (nSPS) is 14.9. The van der Waals surface area contributed by atoms with Crippen LogP contribution in [-0.2, 0) is 0 Å². The number of rotatable bonds is 1. The van der Waals surface area contributed by atoms with E-state index in [0.717, 1.165) is 0 Å². The summed E-state index contributed by atoms with van der Waals surface area (Å²) in [5, 5.41) is 0.545. The second-order valence-electron chi connectivity index (χ2n) is 5.15. The minimum Gasteiger partial charge on any atom is -0.265 e. The molecule has 0 aromatic heterocycles. The Morgan fingerprint density at radius 2 is 0.933 bits per heavy atom. The predicted molar refractivity (Wildman–Crippen MR) is 71.8 cm³/mol. The van der Waals surface area contributed by atoms with E-state index in [-0.39, 0.29) is 39.0 Å². The first kappa shape index (κ1) is 17.8. The molecule has 0 rings (SSSR count). The molecule has 0 aromatic rings. The van der Waals surface area contributed by atoms with Crippen LogP contribution in [0.3, 0.4) is 0 Å². The van der Waals surface area contributed by atoms with Crippen LogP contribution in [0, 0.1) is 0 Å². The smallest absolute Gasteiger partial charge is 0.161 e. The molecule has 0 bridgehead atoms. The van der Waals surface area contributed by atoms with Crippen molar-refractivity contribution in [2.75, 3.05) is 0 Å². The molecule has 86 valence electrons. The zero-order chi connectivity index (χ0) is 11.6. The van der Waals surface area contributed by atoms with Crippen LogP contribution < -0.4 is 0 Å². The van der Waals surface area contributed by atoms with E-state index in [1.54, 1.807) is 0 Å². The van der Waals surface area contributed by atoms with E-state index in [4.69, 9.17) is 23.2 Å². The van der Waals surface area contributed by atoms with E-state index >= 15 is 0 Å². The number of nitrogens with zero attached hydrogens (tertiary/aromatic N) is 2. The van der Waals surface area contributed by atoms with Gasteiger partial charge in [0.05, 0.1) is 11.1 Å². The van der Waals surface area contributed by atoms with Crippen LogP contribution in [0.4, 0.5) is 0 Å². The Morgan fingerprint density at radius 1 is 0.733 bits per heavy atom. The second-order valence-corrected chi connectivity index (χ2v) is 5.86. The van der Waals surface area contributed by atoms with Crippen molar-refractivity contribution in [3.05, 3.63) is 0 Å². The molecule has 4 radical (unpaired) electrons. The van der Waals surface area contributed by atoms with Gasteiger partial charge in [-0.05, 0) is 41.5 Å². The molecule has 0 aliphatic rings. The summed E-state index contributed by atoms with van der Waals surface area (Å²) in [5.74, 6) is 0. The fraction of sp³-hybridized carbons (Fsp3) is 0.800. The standard InChI is InChI=1S/C10H18Cl2N2.Ge/c1-9(2,3)13-7(11)8(12)14-10(4,5)6;/h1-6H3;. The summed E-state index contributed by atoms with van der Waals surface area (Å²) in [6, 6.07) is 0. The number of hydrogen-bond acceptors (Lipinski definition) is 2. The van der Waals surface area contributed by atoms with E-state index in [0.29, 0.717) is 0 Å². The van der Waals surface area contributed by atoms with Crippen molar-refractivity contribution in [3.63, 3.8) is 0 Å². The van der Waals surface area contributed by atoms with E-state index in [2.05, 4.69) is 9.98 Å². The molecule has 0 N–H and O–H groups in total. The van der Waals surface area contributed by atoms with Crippen LogP contribution in [0.15, 0.2) is 9.98 Å². The number of halogens is 2. The van der Waals surface area contributed by atoms with Gasteiger partial charge in [0.25, 0.3) is 0 Å². The first-order chi connectivity index (χ1) is 6.01. The SMILES string of the molecule is CC(C)(C)N=C(Cl)C(Cl)=NC(C)(C)C.[Ge]. The molecule has 2 nitrogen and oxygen atoms in total. The van der Waals surface area contributed by atoms with Crippen molar-refractivity contribution in [1.29, 1.82) is 0 Å². The molecule has 0 spiro atoms. The van der Waals surface area contributed by atoms with Gasteiger partial charge < -0.3 is 0 Å². The molecule has 0 unspecified atom stereocenters. The molecule has 0 amide bonds. The summed E-state index contributed by atoms with van der Waals surface area (Å²) in [4.78, 5) is 8.43. The maximum absolute atomic E-state index is 5.91. The first-order valence-electron chi connectivity index (χ1n) is 4.52. The zero-order valence-corrected chi connectivity index (χ0v) is 13.8. The van der Waals surface area contributed by atoms with E-state index in [9.17, 15) is 0 Å². The third-order valence-corrected chi connectivity index (χ3v) is 1.66. The average molecular weight is 310 g/mol. The summed E-state index contributed by atoms with van der Waals surface area (Å²) in [6.45, 7) is 11.7. The molecule has 0 saturated heterocycles. The van der Waals surface area contributed by atoms with Crippen LogP contribution in [0.25, 0.3) is 0 Å². The molecular formula is C10H18Cl2GeN2. The van der Waals surface area contributed by atoms with Crippen molar-refractivity contribution >= 4 is 51.1 Å². The van der Waals surface area contributed by atoms with E-state index < -0.39 is 0 Å². The zero-order valence-electron chi connectivity index (χ0n) is 10.2. The Morgan fingerprint density at radius 3 is 1.07 bits per heavy atom. The minimum atomic E-state index is -0.232. The van der Waals surface area contributed by atoms with Crippen LogP contribution in [0.2, 0.25) is 0 Å². The maximum Gasteiger partial charge on any atom is 0.161 e. The minimum absolute atomic E-state index is 0. The molecule has 15 heavy (non-hydrogen) atoms. The van der Waals surface area contributed by atoms with Crippen LogP contribution >= 0.6 is 23.2 Å². The molecule has 0 fully saturated rings. The first-order valence-corrected chi connectivity index (χ1v) is 5.28. The Balaban J connectivity index is 0. The molecular weight excluding hydrogens is 292 g/mol. The average Bonchev–Trinajstić information content (AvgIpc) is 1.78. The predicted octanol–water partition coefficient (Wildman–Crippen LogP) is 3.48. The second kappa shape index (κ2) is 6.26. The molecule has 0 atom stereocenters. The fourth-order valence-corrected chi connectivity index (χ4v) is 1.27. The van der Waals surface area contributed by atoms with Crippen LogP contribution in [0.5, 0.6) is 0 Å². The largest absolute Gasteiger partial charge is 0.265 e. The number of hydrogen-bond donors (Lipinski definition) is 0. The van der Waals surface area contributed by atoms with E-state index in [1.807, 2.05) is 41.5 Å². The quantitative estimate of drug-likeness (QED) is 0.523. The van der Waals surface area contributed by atoms with Gasteiger partial charge in [-0.2, -0.15) is 0 Å². The number of aliphatic imine (C=N–C) groups is 2. The van der Waals surface area contributed by atoms with Gasteiger partial charge in [0, 0.05) is 17.6 Å². The van der Waals surface area contributed by atoms with Gasteiger partial charge in [-0.3, -0.25) is 9.98 Å². The Kier molecular flexibility index (Phi) is 7.45.